The van der Waals surface area contributed by atoms with Crippen LogP contribution in [-0.2, 0) is 145 Å². The molecule has 11 aliphatic rings. The zero-order chi connectivity index (χ0) is 102. The van der Waals surface area contributed by atoms with Crippen molar-refractivity contribution in [2.24, 2.45) is 75.4 Å². The van der Waals surface area contributed by atoms with E-state index >= 15 is 26.3 Å². The van der Waals surface area contributed by atoms with Crippen molar-refractivity contribution in [1.82, 2.24) is 44.6 Å². The van der Waals surface area contributed by atoms with Gasteiger partial charge in [-0.15, -0.1) is 0 Å². The molecule has 18 atom stereocenters. The van der Waals surface area contributed by atoms with Crippen LogP contribution in [0, 0.1) is 75.4 Å². The number of ether oxygens (including phenoxy) is 12. The van der Waals surface area contributed by atoms with Crippen LogP contribution in [0.25, 0.3) is 33.1 Å². The number of rotatable bonds is 20. The van der Waals surface area contributed by atoms with Crippen molar-refractivity contribution in [2.45, 2.75) is 301 Å². The molecule has 11 heterocycles. The summed E-state index contributed by atoms with van der Waals surface area (Å²) in [6, 6.07) is 11.4. The normalized spacial score (nSPS) is 29.5. The van der Waals surface area contributed by atoms with Gasteiger partial charge < -0.3 is 85.9 Å². The Labute approximate surface area is 879 Å². The van der Waals surface area contributed by atoms with Gasteiger partial charge in [0.15, 0.2) is 17.1 Å². The number of methoxy groups -OCH3 is 4. The first-order chi connectivity index (χ1) is 67.8. The molecule has 1 unspecified atom stereocenters. The van der Waals surface area contributed by atoms with Crippen LogP contribution >= 0.6 is 0 Å². The fourth-order valence-electron chi connectivity index (χ4n) is 23.2. The number of aromatic nitrogens is 6. The maximum atomic E-state index is 16.1. The van der Waals surface area contributed by atoms with Crippen LogP contribution in [0.2, 0.25) is 0 Å². The molecule has 3 aromatic heterocycles. The molecule has 3 aromatic carbocycles. The van der Waals surface area contributed by atoms with Gasteiger partial charge in [-0.25, -0.2) is 48.8 Å². The van der Waals surface area contributed by atoms with Gasteiger partial charge in [0.1, 0.15) is 47.3 Å². The maximum Gasteiger partial charge on any atom is 0.307 e. The van der Waals surface area contributed by atoms with Gasteiger partial charge in [-0.1, -0.05) is 92.3 Å². The van der Waals surface area contributed by atoms with Crippen LogP contribution in [0.15, 0.2) is 54.6 Å². The van der Waals surface area contributed by atoms with Crippen LogP contribution in [0.4, 0.5) is 26.3 Å². The third kappa shape index (κ3) is 26.1. The number of fused-ring (bicyclic) bond motifs is 11. The third-order valence-corrected chi connectivity index (χ3v) is 33.1. The molecule has 6 saturated heterocycles. The Hall–Kier alpha value is -8.48. The summed E-state index contributed by atoms with van der Waals surface area (Å²) in [7, 11) is 5.75. The number of amides is 3. The number of halogens is 6. The molecule has 0 N–H and O–H groups in total. The molecule has 3 saturated carbocycles. The van der Waals surface area contributed by atoms with Gasteiger partial charge in [0.2, 0.25) is 35.4 Å². The molecular formula is C106H136F6N9O21V3-3. The summed E-state index contributed by atoms with van der Waals surface area (Å²) in [6.07, 6.45) is 15.4. The summed E-state index contributed by atoms with van der Waals surface area (Å²) >= 11 is 0. The smallest absolute Gasteiger partial charge is 0.307 e. The molecule has 39 heteroatoms. The van der Waals surface area contributed by atoms with Crippen LogP contribution in [0.3, 0.4) is 0 Å². The standard InChI is InChI=1S/C36H46F2N3O7.C35H44F2N3O7.C35H46F2N3O7.3V/c1-22-28(21-42)41-20-29(22)47-32-31(39-26-11-10-24(45-4)18-27(26)40-32)36(37,38)13-6-5-8-23-9-7-12-35(23,3)48-30(43)19-25(33(41)44)34(2)14-16-46-17-15-34;1-21-27(20-41)40-19-29(21)47-32-31(38-25-11-10-23(44-3)17-26(25)39-32)35(36,37)12-5-4-7-22-8-6-9-28(22)46-30(42)18-24(33(40)43)34(2)13-15-45-16-14-34;1-21-16-23(21)8-6-7-11-35(36,37)31-32(39-27-17-24(44-4)9-10-26(27)38-31)47-29-19-40(28(20-41)22(29)2)33(43)25(18-30(42)45-5)34(3)12-14-46-15-13-34;;;/h10-11,18,22-23,25,28-29H,5-9,12-17,19-20H2,1-4H3;10-11,17,21-22,24,27-29H,4-9,12-16,18-19H2,1-3H3;9-10,17,21-23,25,28-29H,6-8,11-16,18-19H2,1-5H3;;;/q3*-1;;;/t22-,23+,25+,28+,29-,35+;21-,22+,24+,27+,28+,29-;21?,22-,23+,25+,28+,29-;;;/m000.../s1. The van der Waals surface area contributed by atoms with E-state index in [2.05, 4.69) is 36.8 Å². The maximum absolute atomic E-state index is 16.1. The first kappa shape index (κ1) is 115. The minimum atomic E-state index is -3.37. The van der Waals surface area contributed by atoms with Crippen molar-refractivity contribution in [3.05, 3.63) is 71.7 Å². The topological polar surface area (TPSA) is 351 Å². The van der Waals surface area contributed by atoms with Gasteiger partial charge in [-0.05, 0) is 217 Å². The number of unbranched alkanes of at least 4 members (excludes halogenated alkanes) is 1. The second kappa shape index (κ2) is 49.1. The number of hydrogen-bond acceptors (Lipinski definition) is 27. The molecule has 145 heavy (non-hydrogen) atoms. The SMILES string of the molecule is COC(=O)C[C@H](C(=O)N1C[C@H](Oc2nc3cc(OC)ccc3nc2C(F)(F)CCCC[C@@H]2CC2C)[C@@H](C)[C@H]1[C-]=O)C1(C)CCOCC1.COc1ccc2nc3c(nc2c1)O[C@H]1CN(C(=O)[C@H](C2(C)CCOCC2)CC(=O)O[C@@H]2CCC[C@H]2CCCCC3(F)F)[C@H]([C-]=O)[C@@H]1C.COc1ccc2nc3c(nc2c1)O[C@H]1CN(C(=O)[C@H](C2(C)CCOCC2)CC(=O)O[C@]2(C)CCC[C@H]2CCCCC3(F)F)[C@H]([C-]=O)[C@@H]1C.[V].[V].[V]. The Balaban J connectivity index is 0.000000192. The van der Waals surface area contributed by atoms with Crippen molar-refractivity contribution in [3.8, 4) is 34.9 Å². The molecule has 30 nitrogen and oxygen atoms in total. The van der Waals surface area contributed by atoms with Gasteiger partial charge in [0.05, 0.1) is 118 Å². The minimum absolute atomic E-state index is 0. The van der Waals surface area contributed by atoms with Gasteiger partial charge in [-0.3, -0.25) is 28.8 Å². The van der Waals surface area contributed by atoms with E-state index in [0.29, 0.717) is 175 Å². The molecule has 6 aromatic rings. The molecule has 3 radical (unpaired) electrons. The molecule has 9 fully saturated rings. The molecular weight excluding hydrogens is 2000 g/mol. The number of likely N-dealkylation sites (tertiary alicyclic amines) is 1. The molecule has 0 spiro atoms. The molecule has 8 aliphatic heterocycles. The summed E-state index contributed by atoms with van der Waals surface area (Å²) in [5, 5.41) is 0. The number of nitrogens with zero attached hydrogens (tertiary/aromatic N) is 9. The van der Waals surface area contributed by atoms with Crippen molar-refractivity contribution in [2.75, 3.05) is 87.7 Å². The molecule has 3 aliphatic carbocycles. The van der Waals surface area contributed by atoms with E-state index in [1.165, 1.54) is 43.1 Å². The zero-order valence-corrected chi connectivity index (χ0v) is 89.1. The summed E-state index contributed by atoms with van der Waals surface area (Å²) in [5.74, 6) is -15.0. The second-order valence-corrected chi connectivity index (χ2v) is 42.5. The van der Waals surface area contributed by atoms with Crippen LogP contribution in [0.1, 0.15) is 252 Å². The molecule has 3 amide bonds. The molecule has 4 bridgehead atoms. The van der Waals surface area contributed by atoms with Crippen molar-refractivity contribution in [1.29, 1.82) is 0 Å². The van der Waals surface area contributed by atoms with E-state index in [-0.39, 0.29) is 171 Å². The van der Waals surface area contributed by atoms with E-state index in [1.807, 2.05) is 46.6 Å². The Morgan fingerprint density at radius 3 is 1.46 bits per heavy atom. The van der Waals surface area contributed by atoms with Crippen molar-refractivity contribution >= 4 is 87.6 Å². The summed E-state index contributed by atoms with van der Waals surface area (Å²) in [5.41, 5.74) is -2.44. The number of alkyl halides is 6. The first-order valence-electron chi connectivity index (χ1n) is 50.8. The monoisotopic (exact) mass is 2140 g/mol. The van der Waals surface area contributed by atoms with E-state index in [1.54, 1.807) is 75.4 Å². The van der Waals surface area contributed by atoms with Gasteiger partial charge in [-0.2, -0.15) is 26.3 Å². The molecule has 17 rings (SSSR count). The fourth-order valence-corrected chi connectivity index (χ4v) is 23.2. The number of carbonyl (C=O) groups excluding carboxylic acids is 9. The number of hydrogen-bond donors (Lipinski definition) is 0. The van der Waals surface area contributed by atoms with Crippen LogP contribution in [-0.4, -0.2) is 235 Å². The third-order valence-electron chi connectivity index (χ3n) is 33.1. The first-order valence-corrected chi connectivity index (χ1v) is 50.8. The predicted octanol–water partition coefficient (Wildman–Crippen LogP) is 17.1. The Bertz CT molecular complexity index is 5530. The summed E-state index contributed by atoms with van der Waals surface area (Å²) in [4.78, 5) is 151. The van der Waals surface area contributed by atoms with E-state index in [0.717, 1.165) is 38.5 Å². The zero-order valence-electron chi connectivity index (χ0n) is 84.9. The van der Waals surface area contributed by atoms with E-state index in [9.17, 15) is 43.2 Å². The number of carbonyl (C=O) groups is 6. The fraction of sp³-hybridized carbons (Fsp3) is 0.689. The second-order valence-electron chi connectivity index (χ2n) is 42.5. The van der Waals surface area contributed by atoms with Gasteiger partial charge >= 0.3 is 17.9 Å². The van der Waals surface area contributed by atoms with Gasteiger partial charge in [0.25, 0.3) is 17.8 Å². The number of benzene rings is 3. The summed E-state index contributed by atoms with van der Waals surface area (Å²) < 4.78 is 165. The average molecular weight is 2140 g/mol. The van der Waals surface area contributed by atoms with Crippen LogP contribution in [0.5, 0.6) is 34.9 Å². The van der Waals surface area contributed by atoms with Gasteiger partial charge in [0, 0.05) is 133 Å². The Morgan fingerprint density at radius 1 is 0.510 bits per heavy atom. The van der Waals surface area contributed by atoms with Crippen molar-refractivity contribution < 1.29 is 182 Å². The van der Waals surface area contributed by atoms with E-state index < -0.39 is 172 Å². The average Bonchev–Trinajstić information content (AvgIpc) is 1.62. The molecule has 791 valence electrons. The quantitative estimate of drug-likeness (QED) is 0.0225. The summed E-state index contributed by atoms with van der Waals surface area (Å²) in [6.45, 7) is 17.6. The van der Waals surface area contributed by atoms with E-state index in [4.69, 9.17) is 56.8 Å². The Morgan fingerprint density at radius 2 is 0.972 bits per heavy atom. The number of esters is 3. The predicted molar refractivity (Wildman–Crippen MR) is 507 cm³/mol. The minimum Gasteiger partial charge on any atom is -0.540 e. The largest absolute Gasteiger partial charge is 0.540 e. The van der Waals surface area contributed by atoms with Crippen molar-refractivity contribution in [3.63, 3.8) is 0 Å². The van der Waals surface area contributed by atoms with Crippen LogP contribution < -0.4 is 28.4 Å². The Kier molecular flexibility index (Phi) is 39.0.